The summed E-state index contributed by atoms with van der Waals surface area (Å²) in [7, 11) is -3.90. The molecule has 0 bridgehead atoms. The first-order chi connectivity index (χ1) is 8.88. The summed E-state index contributed by atoms with van der Waals surface area (Å²) in [6.07, 6.45) is 0. The molecule has 1 aromatic heterocycles. The van der Waals surface area contributed by atoms with Crippen LogP contribution in [0.5, 0.6) is 0 Å². The lowest BCUT2D eigenvalue weighted by Crippen LogP contribution is -2.14. The van der Waals surface area contributed by atoms with Crippen LogP contribution in [0, 0.1) is 12.7 Å². The molecule has 8 heteroatoms. The molecule has 0 spiro atoms. The van der Waals surface area contributed by atoms with E-state index in [9.17, 15) is 12.8 Å². The van der Waals surface area contributed by atoms with E-state index in [1.165, 1.54) is 24.3 Å². The summed E-state index contributed by atoms with van der Waals surface area (Å²) in [5, 5.41) is 7.21. The van der Waals surface area contributed by atoms with Crippen molar-refractivity contribution in [3.8, 4) is 0 Å². The molecule has 0 unspecified atom stereocenters. The monoisotopic (exact) mass is 301 g/mol. The molecule has 0 aliphatic rings. The Labute approximate surface area is 114 Å². The van der Waals surface area contributed by atoms with Crippen molar-refractivity contribution in [2.75, 3.05) is 4.72 Å². The predicted molar refractivity (Wildman–Crippen MR) is 69.0 cm³/mol. The first kappa shape index (κ1) is 13.7. The number of nitrogens with zero attached hydrogens (tertiary/aromatic N) is 2. The maximum atomic E-state index is 13.4. The summed E-state index contributed by atoms with van der Waals surface area (Å²) in [6, 6.07) is 6.39. The van der Waals surface area contributed by atoms with Crippen LogP contribution in [0.2, 0.25) is 5.15 Å². The third-order valence-corrected chi connectivity index (χ3v) is 3.88. The maximum absolute atomic E-state index is 13.4. The number of anilines is 1. The van der Waals surface area contributed by atoms with Crippen LogP contribution in [0.3, 0.4) is 0 Å². The zero-order valence-electron chi connectivity index (χ0n) is 9.76. The Morgan fingerprint density at radius 1 is 1.21 bits per heavy atom. The fourth-order valence-corrected chi connectivity index (χ4v) is 2.42. The molecule has 0 aliphatic carbocycles. The topological polar surface area (TPSA) is 72.0 Å². The Morgan fingerprint density at radius 2 is 1.95 bits per heavy atom. The zero-order valence-corrected chi connectivity index (χ0v) is 11.3. The average molecular weight is 302 g/mol. The number of sulfonamides is 1. The first-order valence-corrected chi connectivity index (χ1v) is 7.03. The number of aromatic nitrogens is 2. The van der Waals surface area contributed by atoms with Crippen LogP contribution in [-0.4, -0.2) is 18.6 Å². The van der Waals surface area contributed by atoms with Crippen LogP contribution in [0.15, 0.2) is 35.2 Å². The lowest BCUT2D eigenvalue weighted by atomic mass is 10.2. The van der Waals surface area contributed by atoms with E-state index < -0.39 is 15.8 Å². The minimum absolute atomic E-state index is 0.00498. The standard InChI is InChI=1S/C11H9ClFN3O2S/c1-7-2-3-8(6-9(7)13)19(17,18)16-11-5-4-10(12)14-15-11/h2-6H,1H3,(H,15,16). The Balaban J connectivity index is 2.32. The molecule has 0 saturated heterocycles. The summed E-state index contributed by atoms with van der Waals surface area (Å²) in [6.45, 7) is 1.55. The second kappa shape index (κ2) is 5.10. The number of nitrogens with one attached hydrogen (secondary N) is 1. The van der Waals surface area contributed by atoms with Gasteiger partial charge in [-0.15, -0.1) is 10.2 Å². The van der Waals surface area contributed by atoms with Crippen molar-refractivity contribution in [2.24, 2.45) is 0 Å². The van der Waals surface area contributed by atoms with E-state index in [1.54, 1.807) is 6.92 Å². The van der Waals surface area contributed by atoms with Crippen LogP contribution in [0.25, 0.3) is 0 Å². The van der Waals surface area contributed by atoms with Gasteiger partial charge >= 0.3 is 0 Å². The molecule has 2 aromatic rings. The summed E-state index contributed by atoms with van der Waals surface area (Å²) < 4.78 is 39.5. The minimum atomic E-state index is -3.90. The highest BCUT2D eigenvalue weighted by molar-refractivity contribution is 7.92. The van der Waals surface area contributed by atoms with Gasteiger partial charge in [0, 0.05) is 0 Å². The smallest absolute Gasteiger partial charge is 0.262 e. The molecule has 1 N–H and O–H groups in total. The van der Waals surface area contributed by atoms with E-state index in [4.69, 9.17) is 11.6 Å². The van der Waals surface area contributed by atoms with Gasteiger partial charge in [0.1, 0.15) is 5.82 Å². The van der Waals surface area contributed by atoms with Crippen LogP contribution in [0.1, 0.15) is 5.56 Å². The molecular formula is C11H9ClFN3O2S. The van der Waals surface area contributed by atoms with Crippen LogP contribution in [-0.2, 0) is 10.0 Å². The van der Waals surface area contributed by atoms with Gasteiger partial charge in [-0.1, -0.05) is 17.7 Å². The quantitative estimate of drug-likeness (QED) is 0.945. The molecular weight excluding hydrogens is 293 g/mol. The largest absolute Gasteiger partial charge is 0.263 e. The Morgan fingerprint density at radius 3 is 2.53 bits per heavy atom. The highest BCUT2D eigenvalue weighted by Crippen LogP contribution is 2.17. The second-order valence-corrected chi connectivity index (χ2v) is 5.83. The van der Waals surface area contributed by atoms with Crippen LogP contribution >= 0.6 is 11.6 Å². The van der Waals surface area contributed by atoms with Gasteiger partial charge in [-0.05, 0) is 36.8 Å². The number of benzene rings is 1. The van der Waals surface area contributed by atoms with Crippen molar-refractivity contribution in [1.29, 1.82) is 0 Å². The predicted octanol–water partition coefficient (Wildman–Crippen LogP) is 2.38. The number of halogens is 2. The highest BCUT2D eigenvalue weighted by Gasteiger charge is 2.16. The molecule has 0 fully saturated rings. The Hall–Kier alpha value is -1.73. The van der Waals surface area contributed by atoms with Gasteiger partial charge in [0.05, 0.1) is 4.90 Å². The van der Waals surface area contributed by atoms with Crippen LogP contribution in [0.4, 0.5) is 10.2 Å². The van der Waals surface area contributed by atoms with E-state index in [0.29, 0.717) is 5.56 Å². The van der Waals surface area contributed by atoms with Gasteiger partial charge in [0.2, 0.25) is 0 Å². The molecule has 1 aromatic carbocycles. The van der Waals surface area contributed by atoms with Gasteiger partial charge in [0.15, 0.2) is 11.0 Å². The maximum Gasteiger partial charge on any atom is 0.263 e. The lowest BCUT2D eigenvalue weighted by Gasteiger charge is -2.07. The summed E-state index contributed by atoms with van der Waals surface area (Å²) >= 11 is 5.54. The van der Waals surface area contributed by atoms with Crippen molar-refractivity contribution >= 4 is 27.4 Å². The molecule has 0 amide bonds. The Kier molecular flexibility index (Phi) is 3.68. The van der Waals surface area contributed by atoms with Crippen molar-refractivity contribution in [1.82, 2.24) is 10.2 Å². The SMILES string of the molecule is Cc1ccc(S(=O)(=O)Nc2ccc(Cl)nn2)cc1F. The summed E-state index contributed by atoms with van der Waals surface area (Å²) in [5.41, 5.74) is 0.366. The van der Waals surface area contributed by atoms with Crippen molar-refractivity contribution in [3.63, 3.8) is 0 Å². The van der Waals surface area contributed by atoms with Gasteiger partial charge in [-0.25, -0.2) is 12.8 Å². The molecule has 2 rings (SSSR count). The van der Waals surface area contributed by atoms with Gasteiger partial charge in [0.25, 0.3) is 10.0 Å². The number of hydrogen-bond acceptors (Lipinski definition) is 4. The molecule has 5 nitrogen and oxygen atoms in total. The molecule has 1 heterocycles. The Bertz CT molecular complexity index is 704. The van der Waals surface area contributed by atoms with Crippen molar-refractivity contribution in [2.45, 2.75) is 11.8 Å². The normalized spacial score (nSPS) is 11.3. The van der Waals surface area contributed by atoms with Gasteiger partial charge in [-0.3, -0.25) is 4.72 Å². The summed E-state index contributed by atoms with van der Waals surface area (Å²) in [5.74, 6) is -0.588. The number of rotatable bonds is 3. The van der Waals surface area contributed by atoms with Crippen molar-refractivity contribution < 1.29 is 12.8 Å². The highest BCUT2D eigenvalue weighted by atomic mass is 35.5. The van der Waals surface area contributed by atoms with Gasteiger partial charge in [-0.2, -0.15) is 0 Å². The zero-order chi connectivity index (χ0) is 14.0. The first-order valence-electron chi connectivity index (χ1n) is 5.17. The molecule has 0 radical (unpaired) electrons. The molecule has 0 aliphatic heterocycles. The average Bonchev–Trinajstić information content (AvgIpc) is 2.35. The molecule has 100 valence electrons. The van der Waals surface area contributed by atoms with Crippen molar-refractivity contribution in [3.05, 3.63) is 46.9 Å². The minimum Gasteiger partial charge on any atom is -0.262 e. The molecule has 19 heavy (non-hydrogen) atoms. The van der Waals surface area contributed by atoms with E-state index in [-0.39, 0.29) is 15.9 Å². The molecule has 0 atom stereocenters. The fraction of sp³-hybridized carbons (Fsp3) is 0.0909. The summed E-state index contributed by atoms with van der Waals surface area (Å²) in [4.78, 5) is -0.188. The third-order valence-electron chi connectivity index (χ3n) is 2.32. The molecule has 0 saturated carbocycles. The van der Waals surface area contributed by atoms with E-state index >= 15 is 0 Å². The number of aryl methyl sites for hydroxylation is 1. The van der Waals surface area contributed by atoms with Crippen LogP contribution < -0.4 is 4.72 Å². The second-order valence-electron chi connectivity index (χ2n) is 3.76. The van der Waals surface area contributed by atoms with Gasteiger partial charge < -0.3 is 0 Å². The van der Waals surface area contributed by atoms with E-state index in [0.717, 1.165) is 6.07 Å². The lowest BCUT2D eigenvalue weighted by molar-refractivity contribution is 0.593. The number of hydrogen-bond donors (Lipinski definition) is 1. The fourth-order valence-electron chi connectivity index (χ4n) is 1.31. The van der Waals surface area contributed by atoms with E-state index in [2.05, 4.69) is 14.9 Å². The van der Waals surface area contributed by atoms with E-state index in [1.807, 2.05) is 0 Å². The third kappa shape index (κ3) is 3.18.